The number of halogens is 1. The van der Waals surface area contributed by atoms with Crippen molar-refractivity contribution in [3.63, 3.8) is 0 Å². The Kier molecular flexibility index (Phi) is 9.08. The van der Waals surface area contributed by atoms with Gasteiger partial charge in [-0.15, -0.1) is 0 Å². The van der Waals surface area contributed by atoms with Gasteiger partial charge in [0, 0.05) is 29.6 Å². The zero-order valence-electron chi connectivity index (χ0n) is 24.6. The zero-order chi connectivity index (χ0) is 30.0. The average Bonchev–Trinajstić information content (AvgIpc) is 3.39. The molecule has 2 aliphatic rings. The Balaban J connectivity index is 1.55. The topological polar surface area (TPSA) is 100 Å². The van der Waals surface area contributed by atoms with Crippen LogP contribution in [0.25, 0.3) is 11.1 Å². The first-order valence-corrected chi connectivity index (χ1v) is 14.7. The van der Waals surface area contributed by atoms with Gasteiger partial charge in [0.1, 0.15) is 23.7 Å². The summed E-state index contributed by atoms with van der Waals surface area (Å²) in [7, 11) is 3.17. The molecule has 1 aromatic heterocycles. The van der Waals surface area contributed by atoms with Crippen LogP contribution >= 0.6 is 11.6 Å². The van der Waals surface area contributed by atoms with Crippen molar-refractivity contribution in [1.29, 1.82) is 0 Å². The molecule has 2 atom stereocenters. The van der Waals surface area contributed by atoms with Gasteiger partial charge in [-0.2, -0.15) is 0 Å². The predicted octanol–water partition coefficient (Wildman–Crippen LogP) is 6.49. The number of benzene rings is 2. The van der Waals surface area contributed by atoms with E-state index in [2.05, 4.69) is 5.16 Å². The number of carbonyl (C=O) groups excluding carboxylic acids is 2. The van der Waals surface area contributed by atoms with Gasteiger partial charge in [0.05, 0.1) is 38.7 Å². The second-order valence-electron chi connectivity index (χ2n) is 10.9. The normalized spacial score (nSPS) is 18.7. The molecule has 5 rings (SSSR count). The fraction of sp³-hybridized carbons (Fsp3) is 0.469. The molecule has 3 aromatic rings. The maximum absolute atomic E-state index is 13.7. The van der Waals surface area contributed by atoms with Gasteiger partial charge in [0.15, 0.2) is 11.5 Å². The quantitative estimate of drug-likeness (QED) is 0.272. The highest BCUT2D eigenvalue weighted by Crippen LogP contribution is 2.50. The smallest absolute Gasteiger partial charge is 0.309 e. The number of methoxy groups -OCH3 is 2. The zero-order valence-corrected chi connectivity index (χ0v) is 25.4. The van der Waals surface area contributed by atoms with Crippen molar-refractivity contribution in [1.82, 2.24) is 10.1 Å². The van der Waals surface area contributed by atoms with E-state index in [4.69, 9.17) is 35.1 Å². The number of piperidine rings is 1. The van der Waals surface area contributed by atoms with Crippen molar-refractivity contribution in [2.75, 3.05) is 33.9 Å². The molecule has 2 aliphatic heterocycles. The van der Waals surface area contributed by atoms with Crippen LogP contribution in [-0.4, -0.2) is 55.8 Å². The summed E-state index contributed by atoms with van der Waals surface area (Å²) in [5, 5.41) is 5.03. The Bertz CT molecular complexity index is 1440. The summed E-state index contributed by atoms with van der Waals surface area (Å²) < 4.78 is 29.3. The van der Waals surface area contributed by atoms with Gasteiger partial charge >= 0.3 is 5.97 Å². The summed E-state index contributed by atoms with van der Waals surface area (Å²) in [6.45, 7) is 7.17. The molecule has 1 saturated heterocycles. The number of likely N-dealkylation sites (tertiary alicyclic amines) is 1. The van der Waals surface area contributed by atoms with E-state index in [0.717, 1.165) is 22.3 Å². The molecule has 0 aliphatic carbocycles. The van der Waals surface area contributed by atoms with E-state index in [0.29, 0.717) is 60.5 Å². The molecule has 42 heavy (non-hydrogen) atoms. The van der Waals surface area contributed by atoms with E-state index >= 15 is 0 Å². The summed E-state index contributed by atoms with van der Waals surface area (Å²) in [6, 6.07) is 11.3. The number of ether oxygens (including phenoxy) is 4. The summed E-state index contributed by atoms with van der Waals surface area (Å²) in [4.78, 5) is 27.8. The lowest BCUT2D eigenvalue weighted by Crippen LogP contribution is -2.41. The number of nitrogens with zero attached hydrogens (tertiary/aromatic N) is 2. The van der Waals surface area contributed by atoms with Gasteiger partial charge < -0.3 is 28.4 Å². The van der Waals surface area contributed by atoms with Gasteiger partial charge in [-0.05, 0) is 49.1 Å². The van der Waals surface area contributed by atoms with Crippen LogP contribution in [-0.2, 0) is 19.1 Å². The summed E-state index contributed by atoms with van der Waals surface area (Å²) in [5.41, 5.74) is 3.81. The van der Waals surface area contributed by atoms with E-state index in [1.54, 1.807) is 26.0 Å². The van der Waals surface area contributed by atoms with Crippen LogP contribution in [0.2, 0.25) is 5.02 Å². The molecule has 1 amide bonds. The van der Waals surface area contributed by atoms with Crippen molar-refractivity contribution in [3.8, 4) is 22.6 Å². The minimum absolute atomic E-state index is 0.0333. The molecule has 224 valence electrons. The van der Waals surface area contributed by atoms with E-state index in [-0.39, 0.29) is 30.1 Å². The van der Waals surface area contributed by atoms with Gasteiger partial charge in [-0.3, -0.25) is 9.59 Å². The third-order valence-electron chi connectivity index (χ3n) is 7.98. The van der Waals surface area contributed by atoms with Crippen LogP contribution in [0.15, 0.2) is 40.9 Å². The Hall–Kier alpha value is -3.56. The number of hydrogen-bond donors (Lipinski definition) is 0. The number of amides is 1. The molecular weight excluding hydrogens is 560 g/mol. The maximum atomic E-state index is 13.7. The Morgan fingerprint density at radius 2 is 1.86 bits per heavy atom. The second kappa shape index (κ2) is 12.8. The predicted molar refractivity (Wildman–Crippen MR) is 157 cm³/mol. The van der Waals surface area contributed by atoms with Crippen LogP contribution in [0.3, 0.4) is 0 Å². The van der Waals surface area contributed by atoms with Gasteiger partial charge in [-0.25, -0.2) is 0 Å². The monoisotopic (exact) mass is 596 g/mol. The Morgan fingerprint density at radius 3 is 2.52 bits per heavy atom. The highest BCUT2D eigenvalue weighted by molar-refractivity contribution is 6.30. The summed E-state index contributed by atoms with van der Waals surface area (Å²) in [6.07, 6.45) is -0.192. The Morgan fingerprint density at radius 1 is 1.10 bits per heavy atom. The molecule has 10 heteroatoms. The van der Waals surface area contributed by atoms with E-state index < -0.39 is 12.2 Å². The lowest BCUT2D eigenvalue weighted by molar-refractivity contribution is -0.151. The van der Waals surface area contributed by atoms with Gasteiger partial charge in [-0.1, -0.05) is 48.8 Å². The number of rotatable bonds is 8. The SMILES string of the molecule is CCOC(=O)C1CCN(C(=O)CC2OC(c3cccc(OC)c3OC)c3cc(Cl)ccc3-c3c2noc3C(C)C)CC1. The fourth-order valence-electron chi connectivity index (χ4n) is 5.90. The largest absolute Gasteiger partial charge is 0.493 e. The molecule has 0 saturated carbocycles. The molecule has 1 fully saturated rings. The highest BCUT2D eigenvalue weighted by atomic mass is 35.5. The minimum Gasteiger partial charge on any atom is -0.493 e. The number of carbonyl (C=O) groups is 2. The minimum atomic E-state index is -0.724. The lowest BCUT2D eigenvalue weighted by atomic mass is 9.90. The van der Waals surface area contributed by atoms with Crippen LogP contribution < -0.4 is 9.47 Å². The van der Waals surface area contributed by atoms with Gasteiger partial charge in [0.2, 0.25) is 5.91 Å². The van der Waals surface area contributed by atoms with E-state index in [9.17, 15) is 9.59 Å². The summed E-state index contributed by atoms with van der Waals surface area (Å²) >= 11 is 6.55. The van der Waals surface area contributed by atoms with E-state index in [1.165, 1.54) is 0 Å². The molecular formula is C32H37ClN2O7. The Labute approximate surface area is 251 Å². The van der Waals surface area contributed by atoms with Crippen LogP contribution in [0.5, 0.6) is 11.5 Å². The molecule has 0 spiro atoms. The number of fused-ring (bicyclic) bond motifs is 3. The number of para-hydroxylation sites is 1. The third-order valence-corrected chi connectivity index (χ3v) is 8.22. The van der Waals surface area contributed by atoms with Crippen molar-refractivity contribution in [2.45, 2.75) is 58.2 Å². The van der Waals surface area contributed by atoms with Crippen LogP contribution in [0.1, 0.15) is 80.7 Å². The number of hydrogen-bond acceptors (Lipinski definition) is 8. The third kappa shape index (κ3) is 5.72. The first kappa shape index (κ1) is 29.9. The molecule has 2 unspecified atom stereocenters. The molecule has 0 radical (unpaired) electrons. The van der Waals surface area contributed by atoms with Crippen molar-refractivity contribution >= 4 is 23.5 Å². The molecule has 0 N–H and O–H groups in total. The van der Waals surface area contributed by atoms with Crippen LogP contribution in [0.4, 0.5) is 0 Å². The molecule has 0 bridgehead atoms. The summed E-state index contributed by atoms with van der Waals surface area (Å²) in [5.74, 6) is 1.37. The fourth-order valence-corrected chi connectivity index (χ4v) is 6.08. The lowest BCUT2D eigenvalue weighted by Gasteiger charge is -2.32. The van der Waals surface area contributed by atoms with Gasteiger partial charge in [0.25, 0.3) is 0 Å². The average molecular weight is 597 g/mol. The first-order chi connectivity index (χ1) is 20.3. The standard InChI is InChI=1S/C32H37ClN2O7/c1-6-40-32(37)19-12-14-35(15-13-19)26(36)17-25-28-27(29(18(2)3)42-34-28)21-11-10-20(33)16-23(21)30(41-25)22-8-7-9-24(38-4)31(22)39-5/h7-11,16,18-19,25,30H,6,12-15,17H2,1-5H3. The van der Waals surface area contributed by atoms with E-state index in [1.807, 2.05) is 50.2 Å². The first-order valence-electron chi connectivity index (χ1n) is 14.4. The highest BCUT2D eigenvalue weighted by Gasteiger charge is 2.39. The molecule has 3 heterocycles. The van der Waals surface area contributed by atoms with Crippen molar-refractivity contribution in [3.05, 3.63) is 64.0 Å². The maximum Gasteiger partial charge on any atom is 0.309 e. The molecule has 2 aromatic carbocycles. The van der Waals surface area contributed by atoms with Crippen LogP contribution in [0, 0.1) is 5.92 Å². The molecule has 9 nitrogen and oxygen atoms in total. The second-order valence-corrected chi connectivity index (χ2v) is 11.3. The van der Waals surface area contributed by atoms with Crippen molar-refractivity contribution in [2.24, 2.45) is 5.92 Å². The number of esters is 1. The number of aromatic nitrogens is 1. The van der Waals surface area contributed by atoms with Crippen molar-refractivity contribution < 1.29 is 33.1 Å².